The quantitative estimate of drug-likeness (QED) is 0.546. The summed E-state index contributed by atoms with van der Waals surface area (Å²) < 4.78 is 85.5. The number of hydrogen-bond donors (Lipinski definition) is 1. The van der Waals surface area contributed by atoms with E-state index in [4.69, 9.17) is 4.42 Å². The molecule has 13 heteroatoms. The summed E-state index contributed by atoms with van der Waals surface area (Å²) >= 11 is 0. The van der Waals surface area contributed by atoms with Gasteiger partial charge in [-0.25, -0.2) is 9.97 Å². The number of fused-ring (bicyclic) bond motifs is 1. The van der Waals surface area contributed by atoms with Crippen molar-refractivity contribution < 1.29 is 40.3 Å². The number of rotatable bonds is 4. The molecule has 33 heavy (non-hydrogen) atoms. The van der Waals surface area contributed by atoms with Crippen LogP contribution in [0.5, 0.6) is 5.88 Å². The summed E-state index contributed by atoms with van der Waals surface area (Å²) in [7, 11) is 0. The second-order valence-electron chi connectivity index (χ2n) is 7.11. The number of carbonyl (C=O) groups excluding carboxylic acids is 1. The maximum atomic E-state index is 13.0. The van der Waals surface area contributed by atoms with E-state index >= 15 is 0 Å². The molecule has 1 amide bonds. The number of aromatic nitrogens is 3. The number of oxazole rings is 1. The Kier molecular flexibility index (Phi) is 5.72. The summed E-state index contributed by atoms with van der Waals surface area (Å²) in [6, 6.07) is 3.51. The van der Waals surface area contributed by atoms with Gasteiger partial charge in [-0.15, -0.1) is 13.2 Å². The van der Waals surface area contributed by atoms with Crippen LogP contribution >= 0.6 is 0 Å². The number of nitrogens with zero attached hydrogens (tertiary/aromatic N) is 3. The van der Waals surface area contributed by atoms with Crippen molar-refractivity contribution >= 4 is 5.91 Å². The van der Waals surface area contributed by atoms with Crippen LogP contribution in [0.25, 0.3) is 11.5 Å². The molecule has 0 spiro atoms. The van der Waals surface area contributed by atoms with Gasteiger partial charge in [0.25, 0.3) is 5.91 Å². The highest BCUT2D eigenvalue weighted by molar-refractivity contribution is 5.94. The second-order valence-corrected chi connectivity index (χ2v) is 7.11. The van der Waals surface area contributed by atoms with Crippen molar-refractivity contribution in [3.8, 4) is 17.3 Å². The van der Waals surface area contributed by atoms with Crippen LogP contribution in [0, 0.1) is 0 Å². The molecule has 174 valence electrons. The van der Waals surface area contributed by atoms with Gasteiger partial charge in [0.1, 0.15) is 11.5 Å². The lowest BCUT2D eigenvalue weighted by atomic mass is 9.97. The third-order valence-corrected chi connectivity index (χ3v) is 4.77. The first-order chi connectivity index (χ1) is 15.5. The van der Waals surface area contributed by atoms with Crippen LogP contribution in [0.15, 0.2) is 41.1 Å². The summed E-state index contributed by atoms with van der Waals surface area (Å²) in [5.74, 6) is -1.28. The van der Waals surface area contributed by atoms with Gasteiger partial charge in [0.05, 0.1) is 11.7 Å². The summed E-state index contributed by atoms with van der Waals surface area (Å²) in [4.78, 5) is 23.6. The van der Waals surface area contributed by atoms with Crippen molar-refractivity contribution in [2.24, 2.45) is 0 Å². The van der Waals surface area contributed by atoms with Crippen molar-refractivity contribution in [1.29, 1.82) is 0 Å². The van der Waals surface area contributed by atoms with Crippen LogP contribution in [0.1, 0.15) is 46.4 Å². The largest absolute Gasteiger partial charge is 0.574 e. The van der Waals surface area contributed by atoms with Gasteiger partial charge in [0, 0.05) is 29.6 Å². The van der Waals surface area contributed by atoms with Crippen LogP contribution in [-0.2, 0) is 12.6 Å². The van der Waals surface area contributed by atoms with E-state index in [9.17, 15) is 31.1 Å². The molecule has 0 radical (unpaired) electrons. The number of hydrogen-bond acceptors (Lipinski definition) is 6. The maximum Gasteiger partial charge on any atom is 0.574 e. The topological polar surface area (TPSA) is 90.1 Å². The fourth-order valence-electron chi connectivity index (χ4n) is 3.37. The number of nitrogens with one attached hydrogen (secondary N) is 1. The monoisotopic (exact) mass is 472 g/mol. The number of aryl methyl sites for hydroxylation is 1. The molecule has 0 aromatic carbocycles. The van der Waals surface area contributed by atoms with Crippen LogP contribution in [-0.4, -0.2) is 27.2 Å². The molecule has 1 N–H and O–H groups in total. The number of halogens is 6. The van der Waals surface area contributed by atoms with Gasteiger partial charge in [-0.3, -0.25) is 9.78 Å². The molecule has 1 aliphatic carbocycles. The third kappa shape index (κ3) is 5.23. The molecule has 0 saturated carbocycles. The van der Waals surface area contributed by atoms with Crippen LogP contribution in [0.4, 0.5) is 26.3 Å². The van der Waals surface area contributed by atoms with Crippen molar-refractivity contribution in [3.63, 3.8) is 0 Å². The van der Waals surface area contributed by atoms with Gasteiger partial charge in [-0.2, -0.15) is 13.2 Å². The van der Waals surface area contributed by atoms with Crippen molar-refractivity contribution in [2.45, 2.75) is 37.8 Å². The number of carbonyl (C=O) groups is 1. The van der Waals surface area contributed by atoms with Gasteiger partial charge in [0.2, 0.25) is 11.8 Å². The van der Waals surface area contributed by atoms with E-state index in [2.05, 4.69) is 25.0 Å². The molecule has 0 aliphatic heterocycles. The van der Waals surface area contributed by atoms with E-state index in [-0.39, 0.29) is 22.8 Å². The van der Waals surface area contributed by atoms with E-state index in [1.165, 1.54) is 12.1 Å². The Morgan fingerprint density at radius 1 is 1.09 bits per heavy atom. The minimum absolute atomic E-state index is 0.0566. The second kappa shape index (κ2) is 8.37. The maximum absolute atomic E-state index is 13.0. The van der Waals surface area contributed by atoms with Gasteiger partial charge in [-0.1, -0.05) is 0 Å². The molecule has 3 heterocycles. The van der Waals surface area contributed by atoms with Crippen LogP contribution < -0.4 is 10.1 Å². The molecule has 3 aromatic heterocycles. The van der Waals surface area contributed by atoms with Crippen molar-refractivity contribution in [2.75, 3.05) is 0 Å². The molecular formula is C20H14F6N4O3. The normalized spacial score (nSPS) is 16.2. The molecular weight excluding hydrogens is 458 g/mol. The molecule has 0 fully saturated rings. The molecule has 1 atom stereocenters. The predicted molar refractivity (Wildman–Crippen MR) is 98.8 cm³/mol. The highest BCUT2D eigenvalue weighted by Gasteiger charge is 2.34. The average molecular weight is 472 g/mol. The molecule has 0 saturated heterocycles. The minimum Gasteiger partial charge on any atom is -0.439 e. The Morgan fingerprint density at radius 2 is 1.85 bits per heavy atom. The van der Waals surface area contributed by atoms with Crippen LogP contribution in [0.2, 0.25) is 0 Å². The van der Waals surface area contributed by atoms with Crippen molar-refractivity contribution in [3.05, 3.63) is 59.4 Å². The van der Waals surface area contributed by atoms with Gasteiger partial charge in [0.15, 0.2) is 0 Å². The molecule has 0 bridgehead atoms. The molecule has 7 nitrogen and oxygen atoms in total. The fourth-order valence-corrected chi connectivity index (χ4v) is 3.37. The standard InChI is InChI=1S/C20H14F6N4O3/c21-19(22,23)14-8-11(5-6-27-14)18-30-13-3-1-2-12(16(13)32-18)29-17(31)10-4-7-28-15(9-10)33-20(24,25)26/h4-9,12H,1-3H2,(H,29,31)/t12-/m0/s1. The number of pyridine rings is 2. The lowest BCUT2D eigenvalue weighted by molar-refractivity contribution is -0.276. The predicted octanol–water partition coefficient (Wildman–Crippen LogP) is 4.86. The average Bonchev–Trinajstić information content (AvgIpc) is 3.18. The van der Waals surface area contributed by atoms with Gasteiger partial charge in [-0.05, 0) is 37.5 Å². The number of amides is 1. The number of alkyl halides is 6. The third-order valence-electron chi connectivity index (χ3n) is 4.77. The zero-order valence-electron chi connectivity index (χ0n) is 16.5. The summed E-state index contributed by atoms with van der Waals surface area (Å²) in [6.07, 6.45) is -6.09. The van der Waals surface area contributed by atoms with E-state index in [0.29, 0.717) is 25.0 Å². The summed E-state index contributed by atoms with van der Waals surface area (Å²) in [5.41, 5.74) is -0.682. The lowest BCUT2D eigenvalue weighted by Crippen LogP contribution is -2.30. The number of ether oxygens (including phenoxy) is 1. The Morgan fingerprint density at radius 3 is 2.58 bits per heavy atom. The first kappa shape index (κ1) is 22.6. The van der Waals surface area contributed by atoms with E-state index in [1.54, 1.807) is 0 Å². The summed E-state index contributed by atoms with van der Waals surface area (Å²) in [5, 5.41) is 2.65. The lowest BCUT2D eigenvalue weighted by Gasteiger charge is -2.21. The van der Waals surface area contributed by atoms with Gasteiger partial charge < -0.3 is 14.5 Å². The highest BCUT2D eigenvalue weighted by Crippen LogP contribution is 2.35. The molecule has 0 unspecified atom stereocenters. The highest BCUT2D eigenvalue weighted by atomic mass is 19.4. The fraction of sp³-hybridized carbons (Fsp3) is 0.300. The molecule has 3 aromatic rings. The van der Waals surface area contributed by atoms with E-state index in [1.807, 2.05) is 0 Å². The zero-order valence-corrected chi connectivity index (χ0v) is 16.5. The Balaban J connectivity index is 1.56. The Bertz CT molecular complexity index is 1180. The van der Waals surface area contributed by atoms with E-state index < -0.39 is 36.1 Å². The zero-order chi connectivity index (χ0) is 23.8. The first-order valence-electron chi connectivity index (χ1n) is 9.55. The smallest absolute Gasteiger partial charge is 0.439 e. The van der Waals surface area contributed by atoms with Gasteiger partial charge >= 0.3 is 12.5 Å². The molecule has 4 rings (SSSR count). The van der Waals surface area contributed by atoms with E-state index in [0.717, 1.165) is 24.5 Å². The van der Waals surface area contributed by atoms with Crippen molar-refractivity contribution in [1.82, 2.24) is 20.3 Å². The molecule has 1 aliphatic rings. The SMILES string of the molecule is O=C(N[C@H]1CCCc2nc(-c3ccnc(C(F)(F)F)c3)oc21)c1ccnc(OC(F)(F)F)c1. The minimum atomic E-state index is -4.96. The summed E-state index contributed by atoms with van der Waals surface area (Å²) in [6.45, 7) is 0. The van der Waals surface area contributed by atoms with Crippen LogP contribution in [0.3, 0.4) is 0 Å². The first-order valence-corrected chi connectivity index (χ1v) is 9.55. The Hall–Kier alpha value is -3.64. The Labute approximate surface area is 181 Å².